The molecule has 1 fully saturated rings. The van der Waals surface area contributed by atoms with Gasteiger partial charge in [0.1, 0.15) is 11.5 Å². The predicted octanol–water partition coefficient (Wildman–Crippen LogP) is 18.3. The molecule has 12 nitrogen and oxygen atoms in total. The maximum absolute atomic E-state index is 11.4. The highest BCUT2D eigenvalue weighted by molar-refractivity contribution is 7.10. The third kappa shape index (κ3) is 33.1. The Morgan fingerprint density at radius 3 is 1.66 bits per heavy atom. The molecule has 490 valence electrons. The number of ketones is 2. The molecule has 0 aromatic carbocycles. The fraction of sp³-hybridized carbons (Fsp3) is 0.573. The lowest BCUT2D eigenvalue weighted by molar-refractivity contribution is -0.125. The van der Waals surface area contributed by atoms with E-state index in [2.05, 4.69) is 226 Å². The standard InChI is InChI=1S/C11H19NO.2C10H16O.C9H12N2.2C9H11NS.C8H14N2.C5H6N2.C4H10/c1-5-10(13)12-7-6-9(8-12)11(2,3)4;1-10(2,3)8-5-4-6-9(11)7-8;1-10(2,3)8-6-4-5-7-9(8)11;1-5-8-10-6-7-11(8)9(2,3)4;1-5-8-10-7(6-11-8)9(2,3)4;1-5-8-7(6-11-10-8)9(2,3)4;1-7-5-6-10(9-7)8(2,3)4;1-2-5-6-3-4-7-5;1-4(2)3/h5,9H,1,6-8H2,2-4H3;4,6,8H,5,7H2,1-3H3;5,7-8H,4,6H2,1-3H3;1,6-7H,2-4H3;2*1,6H,2-4H3;5-6H,1-4H3;2-4H,1H2,(H,6,7);4H,1-3H3. The van der Waals surface area contributed by atoms with Gasteiger partial charge in [0.2, 0.25) is 5.91 Å². The van der Waals surface area contributed by atoms with Crippen LogP contribution in [0.2, 0.25) is 0 Å². The summed E-state index contributed by atoms with van der Waals surface area (Å²) >= 11 is 2.95. The summed E-state index contributed by atoms with van der Waals surface area (Å²) in [7, 11) is 0. The summed E-state index contributed by atoms with van der Waals surface area (Å²) in [5.41, 5.74) is 5.24. The van der Waals surface area contributed by atoms with Crippen LogP contribution < -0.4 is 0 Å². The number of carbonyl (C=O) groups excluding carboxylic acids is 3. The highest BCUT2D eigenvalue weighted by Gasteiger charge is 2.33. The zero-order chi connectivity index (χ0) is 68.9. The Balaban J connectivity index is 0.000000989. The zero-order valence-corrected chi connectivity index (χ0v) is 61.2. The summed E-state index contributed by atoms with van der Waals surface area (Å²) in [6.07, 6.45) is 40.3. The summed E-state index contributed by atoms with van der Waals surface area (Å²) in [6.45, 7) is 62.5. The summed E-state index contributed by atoms with van der Waals surface area (Å²) < 4.78 is 8.06. The number of aryl methyl sites for hydroxylation is 1. The first kappa shape index (κ1) is 82.3. The Morgan fingerprint density at radius 1 is 0.742 bits per heavy atom. The number of terminal acetylenes is 3. The third-order valence-corrected chi connectivity index (χ3v) is 15.5. The minimum Gasteiger partial charge on any atom is -0.345 e. The molecule has 5 aromatic rings. The van der Waals surface area contributed by atoms with E-state index >= 15 is 0 Å². The fourth-order valence-corrected chi connectivity index (χ4v) is 10.2. The molecule has 0 spiro atoms. The van der Waals surface area contributed by atoms with Crippen molar-refractivity contribution in [1.29, 1.82) is 0 Å². The van der Waals surface area contributed by atoms with Crippen LogP contribution in [-0.4, -0.2) is 74.1 Å². The lowest BCUT2D eigenvalue weighted by Gasteiger charge is -2.30. The number of hydrogen-bond acceptors (Lipinski definition) is 10. The molecule has 3 aliphatic rings. The van der Waals surface area contributed by atoms with Gasteiger partial charge in [-0.2, -0.15) is 9.47 Å². The highest BCUT2D eigenvalue weighted by atomic mass is 32.1. The molecule has 6 heterocycles. The van der Waals surface area contributed by atoms with Gasteiger partial charge >= 0.3 is 0 Å². The number of carbonyl (C=O) groups is 3. The van der Waals surface area contributed by atoms with E-state index in [1.165, 1.54) is 34.5 Å². The Labute approximate surface area is 549 Å². The third-order valence-electron chi connectivity index (χ3n) is 14.1. The van der Waals surface area contributed by atoms with Crippen LogP contribution in [0.15, 0.2) is 91.3 Å². The number of likely N-dealkylation sites (tertiary alicyclic amines) is 1. The Kier molecular flexibility index (Phi) is 34.7. The number of hydrogen-bond donors (Lipinski definition) is 1. The number of aromatic nitrogens is 8. The molecule has 1 aliphatic heterocycles. The number of H-pyrrole nitrogens is 1. The quantitative estimate of drug-likeness (QED) is 0.136. The van der Waals surface area contributed by atoms with E-state index < -0.39 is 0 Å². The van der Waals surface area contributed by atoms with Crippen molar-refractivity contribution in [2.75, 3.05) is 13.1 Å². The molecule has 5 aromatic heterocycles. The first-order chi connectivity index (χ1) is 40.8. The van der Waals surface area contributed by atoms with Crippen molar-refractivity contribution < 1.29 is 14.4 Å². The summed E-state index contributed by atoms with van der Waals surface area (Å²) in [4.78, 5) is 50.6. The maximum Gasteiger partial charge on any atom is 0.245 e. The zero-order valence-electron chi connectivity index (χ0n) is 59.6. The highest BCUT2D eigenvalue weighted by Crippen LogP contribution is 2.36. The number of imidazole rings is 2. The molecule has 1 amide bonds. The van der Waals surface area contributed by atoms with Crippen molar-refractivity contribution in [3.8, 4) is 37.0 Å². The molecule has 3 atom stereocenters. The van der Waals surface area contributed by atoms with E-state index in [0.29, 0.717) is 28.9 Å². The molecular weight excluding hydrogens is 1140 g/mol. The van der Waals surface area contributed by atoms with Crippen molar-refractivity contribution in [2.24, 2.45) is 39.9 Å². The molecule has 8 rings (SSSR count). The number of thiazole rings is 1. The number of nitrogens with zero attached hydrogens (tertiary/aromatic N) is 8. The second kappa shape index (κ2) is 37.5. The van der Waals surface area contributed by atoms with Gasteiger partial charge in [-0.05, 0) is 173 Å². The first-order valence-electron chi connectivity index (χ1n) is 31.1. The van der Waals surface area contributed by atoms with Gasteiger partial charge < -0.3 is 14.5 Å². The molecule has 0 bridgehead atoms. The van der Waals surface area contributed by atoms with E-state index in [-0.39, 0.29) is 50.3 Å². The molecule has 0 radical (unpaired) electrons. The summed E-state index contributed by atoms with van der Waals surface area (Å²) in [5, 5.41) is 9.12. The fourth-order valence-electron chi connectivity index (χ4n) is 8.48. The average molecular weight is 1250 g/mol. The van der Waals surface area contributed by atoms with Crippen LogP contribution in [0.3, 0.4) is 0 Å². The normalized spacial score (nSPS) is 16.3. The summed E-state index contributed by atoms with van der Waals surface area (Å²) in [6, 6.07) is 2.02. The van der Waals surface area contributed by atoms with Crippen molar-refractivity contribution in [3.05, 3.63) is 131 Å². The van der Waals surface area contributed by atoms with Gasteiger partial charge in [-0.3, -0.25) is 19.1 Å². The molecular formula is C75H115N9O3S2. The van der Waals surface area contributed by atoms with Crippen LogP contribution >= 0.6 is 22.9 Å². The SMILES string of the molecule is C#Cc1nc(C(C)(C)C)cs1.C#Cc1nccn1C(C)(C)C.C#Cc1nscc1C(C)(C)C.C=CC(=O)N1CCC(C(C)(C)C)C1.C=Cc1ncc[nH]1.CC(C)(C)C1CC=CC(=O)C1.CC(C)(C)C1CCC=CC1=O.CC(C)C.Cc1ccn(C(C)(C)C)n1. The Bertz CT molecular complexity index is 3020. The lowest BCUT2D eigenvalue weighted by atomic mass is 9.74. The van der Waals surface area contributed by atoms with Crippen LogP contribution in [0.5, 0.6) is 0 Å². The van der Waals surface area contributed by atoms with Crippen molar-refractivity contribution in [2.45, 2.75) is 227 Å². The van der Waals surface area contributed by atoms with Gasteiger partial charge in [-0.1, -0.05) is 150 Å². The van der Waals surface area contributed by atoms with Crippen molar-refractivity contribution in [1.82, 2.24) is 43.6 Å². The Hall–Kier alpha value is -6.66. The van der Waals surface area contributed by atoms with Crippen LogP contribution in [0.1, 0.15) is 238 Å². The molecule has 14 heteroatoms. The number of rotatable bonds is 2. The minimum absolute atomic E-state index is 0.0260. The monoisotopic (exact) mass is 1250 g/mol. The van der Waals surface area contributed by atoms with Gasteiger partial charge in [-0.15, -0.1) is 30.6 Å². The second-order valence-electron chi connectivity index (χ2n) is 30.3. The first-order valence-corrected chi connectivity index (χ1v) is 32.8. The molecule has 0 saturated carbocycles. The summed E-state index contributed by atoms with van der Waals surface area (Å²) in [5.74, 6) is 12.1. The van der Waals surface area contributed by atoms with Gasteiger partial charge in [-0.25, -0.2) is 15.0 Å². The van der Waals surface area contributed by atoms with Crippen molar-refractivity contribution >= 4 is 46.4 Å². The van der Waals surface area contributed by atoms with Crippen LogP contribution in [0, 0.1) is 83.9 Å². The largest absolute Gasteiger partial charge is 0.345 e. The molecule has 2 aliphatic carbocycles. The Morgan fingerprint density at radius 2 is 1.35 bits per heavy atom. The van der Waals surface area contributed by atoms with Crippen LogP contribution in [-0.2, 0) is 36.3 Å². The van der Waals surface area contributed by atoms with Crippen molar-refractivity contribution in [3.63, 3.8) is 0 Å². The lowest BCUT2D eigenvalue weighted by Crippen LogP contribution is -2.29. The number of amides is 1. The molecule has 89 heavy (non-hydrogen) atoms. The molecule has 1 saturated heterocycles. The number of nitrogens with one attached hydrogen (secondary N) is 1. The number of allylic oxidation sites excluding steroid dienone is 4. The van der Waals surface area contributed by atoms with Crippen LogP contribution in [0.25, 0.3) is 6.08 Å². The van der Waals surface area contributed by atoms with Gasteiger partial charge in [0.15, 0.2) is 22.4 Å². The minimum atomic E-state index is 0.0260. The molecule has 1 N–H and O–H groups in total. The second-order valence-corrected chi connectivity index (χ2v) is 31.8. The van der Waals surface area contributed by atoms with E-state index in [1.54, 1.807) is 36.8 Å². The van der Waals surface area contributed by atoms with Gasteiger partial charge in [0.25, 0.3) is 0 Å². The van der Waals surface area contributed by atoms with Gasteiger partial charge in [0, 0.05) is 83.7 Å². The van der Waals surface area contributed by atoms with E-state index in [4.69, 9.17) is 19.3 Å². The van der Waals surface area contributed by atoms with E-state index in [1.807, 2.05) is 62.4 Å². The maximum atomic E-state index is 11.4. The smallest absolute Gasteiger partial charge is 0.245 e. The van der Waals surface area contributed by atoms with E-state index in [9.17, 15) is 14.4 Å². The molecule has 3 unspecified atom stereocenters. The topological polar surface area (TPSA) is 145 Å². The van der Waals surface area contributed by atoms with Crippen LogP contribution in [0.4, 0.5) is 0 Å². The van der Waals surface area contributed by atoms with Gasteiger partial charge in [0.05, 0.1) is 16.9 Å². The van der Waals surface area contributed by atoms with E-state index in [0.717, 1.165) is 79.0 Å². The number of aromatic amines is 1. The predicted molar refractivity (Wildman–Crippen MR) is 381 cm³/mol. The average Bonchev–Trinajstić information content (AvgIpc) is 3.77.